The monoisotopic (exact) mass is 426 g/mol. The summed E-state index contributed by atoms with van der Waals surface area (Å²) < 4.78 is 17.2. The summed E-state index contributed by atoms with van der Waals surface area (Å²) in [5.74, 6) is 1.53. The maximum absolute atomic E-state index is 13.6. The average molecular weight is 427 g/mol. The van der Waals surface area contributed by atoms with Crippen LogP contribution in [0.4, 0.5) is 0 Å². The van der Waals surface area contributed by atoms with E-state index in [2.05, 4.69) is 19.2 Å². The lowest BCUT2D eigenvalue weighted by Crippen LogP contribution is -2.59. The number of ether oxygens (including phenoxy) is 3. The van der Waals surface area contributed by atoms with Crippen molar-refractivity contribution in [2.45, 2.75) is 44.9 Å². The van der Waals surface area contributed by atoms with Crippen LogP contribution in [0.15, 0.2) is 54.6 Å². The summed E-state index contributed by atoms with van der Waals surface area (Å²) >= 11 is 0. The Bertz CT molecular complexity index is 812. The number of nitrogens with one attached hydrogen (secondary N) is 1. The number of nitrogens with zero attached hydrogens (tertiary/aromatic N) is 1. The summed E-state index contributed by atoms with van der Waals surface area (Å²) in [4.78, 5) is 15.5. The summed E-state index contributed by atoms with van der Waals surface area (Å²) in [6.07, 6.45) is 1.58. The van der Waals surface area contributed by atoms with E-state index >= 15 is 0 Å². The molecule has 1 heterocycles. The number of amides is 1. The number of carbonyl (C=O) groups is 1. The molecule has 1 N–H and O–H groups in total. The lowest BCUT2D eigenvalue weighted by Gasteiger charge is -2.42. The van der Waals surface area contributed by atoms with Crippen LogP contribution in [0.1, 0.15) is 37.0 Å². The molecule has 6 nitrogen and oxygen atoms in total. The SMILES string of the molecule is COCCCOc1cccc(C(=O)N(C(C)C)[C@@H]2CNCCC2Oc2ccccc2)c1. The molecule has 168 valence electrons. The van der Waals surface area contributed by atoms with Gasteiger partial charge in [0.25, 0.3) is 5.91 Å². The average Bonchev–Trinajstić information content (AvgIpc) is 2.79. The Hall–Kier alpha value is -2.57. The lowest BCUT2D eigenvalue weighted by atomic mass is 9.99. The fraction of sp³-hybridized carbons (Fsp3) is 0.480. The number of para-hydroxylation sites is 1. The van der Waals surface area contributed by atoms with Gasteiger partial charge in [-0.15, -0.1) is 0 Å². The molecular weight excluding hydrogens is 392 g/mol. The Balaban J connectivity index is 1.76. The zero-order valence-corrected chi connectivity index (χ0v) is 18.8. The molecule has 31 heavy (non-hydrogen) atoms. The molecule has 1 aliphatic heterocycles. The molecule has 0 radical (unpaired) electrons. The molecule has 2 atom stereocenters. The second kappa shape index (κ2) is 11.7. The van der Waals surface area contributed by atoms with E-state index in [0.29, 0.717) is 31.1 Å². The molecule has 1 saturated heterocycles. The predicted octanol–water partition coefficient (Wildman–Crippen LogP) is 3.76. The minimum absolute atomic E-state index is 0.00676. The van der Waals surface area contributed by atoms with Crippen molar-refractivity contribution in [3.63, 3.8) is 0 Å². The van der Waals surface area contributed by atoms with Crippen molar-refractivity contribution in [2.24, 2.45) is 0 Å². The maximum atomic E-state index is 13.6. The molecular formula is C25H34N2O4. The van der Waals surface area contributed by atoms with Gasteiger partial charge < -0.3 is 24.4 Å². The van der Waals surface area contributed by atoms with E-state index in [0.717, 1.165) is 25.1 Å². The van der Waals surface area contributed by atoms with Crippen molar-refractivity contribution in [1.82, 2.24) is 10.2 Å². The van der Waals surface area contributed by atoms with Crippen LogP contribution in [0, 0.1) is 0 Å². The van der Waals surface area contributed by atoms with Crippen molar-refractivity contribution in [1.29, 1.82) is 0 Å². The van der Waals surface area contributed by atoms with E-state index in [1.54, 1.807) is 7.11 Å². The summed E-state index contributed by atoms with van der Waals surface area (Å²) in [6.45, 7) is 6.89. The quantitative estimate of drug-likeness (QED) is 0.586. The largest absolute Gasteiger partial charge is 0.493 e. The van der Waals surface area contributed by atoms with Crippen molar-refractivity contribution < 1.29 is 19.0 Å². The standard InChI is InChI=1S/C25H34N2O4/c1-19(2)27(23-18-26-14-13-24(23)31-21-10-5-4-6-11-21)25(28)20-9-7-12-22(17-20)30-16-8-15-29-3/h4-7,9-12,17,19,23-24,26H,8,13-16,18H2,1-3H3/t23-,24?/m1/s1. The van der Waals surface area contributed by atoms with Crippen LogP contribution in [0.25, 0.3) is 0 Å². The van der Waals surface area contributed by atoms with Gasteiger partial charge in [-0.05, 0) is 57.1 Å². The summed E-state index contributed by atoms with van der Waals surface area (Å²) in [5.41, 5.74) is 0.627. The molecule has 1 aliphatic rings. The molecule has 0 spiro atoms. The highest BCUT2D eigenvalue weighted by Gasteiger charge is 2.36. The van der Waals surface area contributed by atoms with Gasteiger partial charge in [-0.1, -0.05) is 24.3 Å². The fourth-order valence-electron chi connectivity index (χ4n) is 3.94. The number of methoxy groups -OCH3 is 1. The van der Waals surface area contributed by atoms with Gasteiger partial charge >= 0.3 is 0 Å². The molecule has 1 unspecified atom stereocenters. The zero-order chi connectivity index (χ0) is 22.1. The summed E-state index contributed by atoms with van der Waals surface area (Å²) in [7, 11) is 1.68. The van der Waals surface area contributed by atoms with Crippen LogP contribution in [-0.2, 0) is 4.74 Å². The predicted molar refractivity (Wildman–Crippen MR) is 122 cm³/mol. The van der Waals surface area contributed by atoms with Crippen LogP contribution in [-0.4, -0.2) is 62.4 Å². The van der Waals surface area contributed by atoms with Gasteiger partial charge in [0, 0.05) is 38.3 Å². The zero-order valence-electron chi connectivity index (χ0n) is 18.8. The maximum Gasteiger partial charge on any atom is 0.254 e. The van der Waals surface area contributed by atoms with Crippen LogP contribution >= 0.6 is 0 Å². The van der Waals surface area contributed by atoms with Crippen LogP contribution in [0.3, 0.4) is 0 Å². The number of rotatable bonds is 10. The van der Waals surface area contributed by atoms with Crippen molar-refractivity contribution in [3.8, 4) is 11.5 Å². The number of carbonyl (C=O) groups excluding carboxylic acids is 1. The highest BCUT2D eigenvalue weighted by Crippen LogP contribution is 2.24. The third-order valence-corrected chi connectivity index (χ3v) is 5.41. The first-order chi connectivity index (χ1) is 15.1. The number of hydrogen-bond acceptors (Lipinski definition) is 5. The molecule has 1 fully saturated rings. The molecule has 0 aliphatic carbocycles. The summed E-state index contributed by atoms with van der Waals surface area (Å²) in [5, 5.41) is 3.43. The second-order valence-corrected chi connectivity index (χ2v) is 8.06. The first-order valence-corrected chi connectivity index (χ1v) is 11.1. The van der Waals surface area contributed by atoms with E-state index < -0.39 is 0 Å². The minimum atomic E-state index is -0.0662. The molecule has 1 amide bonds. The highest BCUT2D eigenvalue weighted by atomic mass is 16.5. The van der Waals surface area contributed by atoms with Crippen molar-refractivity contribution in [2.75, 3.05) is 33.4 Å². The number of piperidine rings is 1. The molecule has 0 bridgehead atoms. The van der Waals surface area contributed by atoms with Crippen LogP contribution < -0.4 is 14.8 Å². The van der Waals surface area contributed by atoms with Gasteiger partial charge in [-0.2, -0.15) is 0 Å². The Morgan fingerprint density at radius 3 is 2.61 bits per heavy atom. The van der Waals surface area contributed by atoms with E-state index in [1.807, 2.05) is 59.5 Å². The molecule has 2 aromatic rings. The van der Waals surface area contributed by atoms with Gasteiger partial charge in [-0.25, -0.2) is 0 Å². The van der Waals surface area contributed by atoms with Gasteiger partial charge in [0.2, 0.25) is 0 Å². The molecule has 2 aromatic carbocycles. The minimum Gasteiger partial charge on any atom is -0.493 e. The van der Waals surface area contributed by atoms with E-state index in [1.165, 1.54) is 0 Å². The smallest absolute Gasteiger partial charge is 0.254 e. The molecule has 0 aromatic heterocycles. The normalized spacial score (nSPS) is 18.6. The van der Waals surface area contributed by atoms with E-state index in [-0.39, 0.29) is 24.1 Å². The third-order valence-electron chi connectivity index (χ3n) is 5.41. The van der Waals surface area contributed by atoms with Crippen molar-refractivity contribution >= 4 is 5.91 Å². The van der Waals surface area contributed by atoms with Gasteiger partial charge in [0.1, 0.15) is 17.6 Å². The fourth-order valence-corrected chi connectivity index (χ4v) is 3.94. The van der Waals surface area contributed by atoms with Crippen molar-refractivity contribution in [3.05, 3.63) is 60.2 Å². The van der Waals surface area contributed by atoms with Gasteiger partial charge in [-0.3, -0.25) is 4.79 Å². The first-order valence-electron chi connectivity index (χ1n) is 11.1. The van der Waals surface area contributed by atoms with E-state index in [9.17, 15) is 4.79 Å². The Morgan fingerprint density at radius 1 is 1.10 bits per heavy atom. The van der Waals surface area contributed by atoms with Gasteiger partial charge in [0.05, 0.1) is 12.6 Å². The molecule has 0 saturated carbocycles. The Morgan fingerprint density at radius 2 is 1.87 bits per heavy atom. The van der Waals surface area contributed by atoms with Crippen LogP contribution in [0.2, 0.25) is 0 Å². The number of hydrogen-bond donors (Lipinski definition) is 1. The second-order valence-electron chi connectivity index (χ2n) is 8.06. The first kappa shape index (κ1) is 23.1. The topological polar surface area (TPSA) is 60.0 Å². The lowest BCUT2D eigenvalue weighted by molar-refractivity contribution is 0.0228. The number of benzene rings is 2. The van der Waals surface area contributed by atoms with Gasteiger partial charge in [0.15, 0.2) is 0 Å². The molecule has 6 heteroatoms. The third kappa shape index (κ3) is 6.45. The Kier molecular flexibility index (Phi) is 8.74. The van der Waals surface area contributed by atoms with E-state index in [4.69, 9.17) is 14.2 Å². The Labute approximate surface area is 185 Å². The highest BCUT2D eigenvalue weighted by molar-refractivity contribution is 5.95. The van der Waals surface area contributed by atoms with Crippen LogP contribution in [0.5, 0.6) is 11.5 Å². The summed E-state index contributed by atoms with van der Waals surface area (Å²) in [6, 6.07) is 17.2. The molecule has 3 rings (SSSR count).